The van der Waals surface area contributed by atoms with E-state index in [2.05, 4.69) is 92.7 Å². The molecule has 3 N–H and O–H groups in total. The lowest BCUT2D eigenvalue weighted by Gasteiger charge is -2.24. The van der Waals surface area contributed by atoms with Gasteiger partial charge in [-0.05, 0) is 42.7 Å². The molecular weight excluding hydrogens is 394 g/mol. The monoisotopic (exact) mass is 435 g/mol. The van der Waals surface area contributed by atoms with Crippen molar-refractivity contribution in [2.24, 2.45) is 5.92 Å². The quantitative estimate of drug-likeness (QED) is 0.390. The van der Waals surface area contributed by atoms with E-state index in [1.807, 2.05) is 18.2 Å². The predicted octanol–water partition coefficient (Wildman–Crippen LogP) is 5.04. The largest absolute Gasteiger partial charge is 0.376 e. The first-order chi connectivity index (χ1) is 15.4. The number of rotatable bonds is 14. The van der Waals surface area contributed by atoms with Crippen molar-refractivity contribution in [3.63, 3.8) is 0 Å². The van der Waals surface area contributed by atoms with Gasteiger partial charge < -0.3 is 16.0 Å². The molecule has 0 radical (unpaired) electrons. The number of carbonyl (C=O) groups excluding carboxylic acids is 1. The Morgan fingerprint density at radius 3 is 2.16 bits per heavy atom. The van der Waals surface area contributed by atoms with Crippen LogP contribution in [0.15, 0.2) is 72.9 Å². The van der Waals surface area contributed by atoms with Crippen molar-refractivity contribution in [3.8, 4) is 0 Å². The first-order valence-electron chi connectivity index (χ1n) is 11.9. The van der Waals surface area contributed by atoms with Gasteiger partial charge in [0.25, 0.3) is 0 Å². The normalized spacial score (nSPS) is 13.9. The summed E-state index contributed by atoms with van der Waals surface area (Å²) in [5.41, 5.74) is 3.31. The summed E-state index contributed by atoms with van der Waals surface area (Å²) in [6.07, 6.45) is 2.66. The number of benzene rings is 2. The molecule has 32 heavy (non-hydrogen) atoms. The molecule has 4 heteroatoms. The Hall–Kier alpha value is -2.59. The van der Waals surface area contributed by atoms with Gasteiger partial charge in [-0.15, -0.1) is 0 Å². The van der Waals surface area contributed by atoms with Crippen LogP contribution in [0.1, 0.15) is 57.6 Å². The second-order valence-corrected chi connectivity index (χ2v) is 9.18. The lowest BCUT2D eigenvalue weighted by molar-refractivity contribution is -0.123. The minimum absolute atomic E-state index is 0.0267. The summed E-state index contributed by atoms with van der Waals surface area (Å²) >= 11 is 0. The Labute approximate surface area is 194 Å². The van der Waals surface area contributed by atoms with Crippen molar-refractivity contribution in [1.29, 1.82) is 0 Å². The van der Waals surface area contributed by atoms with Crippen LogP contribution in [0.5, 0.6) is 0 Å². The van der Waals surface area contributed by atoms with E-state index < -0.39 is 0 Å². The summed E-state index contributed by atoms with van der Waals surface area (Å²) in [6.45, 7) is 14.3. The average molecular weight is 436 g/mol. The summed E-state index contributed by atoms with van der Waals surface area (Å²) in [4.78, 5) is 13.1. The Balaban J connectivity index is 1.93. The maximum atomic E-state index is 13.1. The molecule has 2 aromatic rings. The highest BCUT2D eigenvalue weighted by molar-refractivity contribution is 5.82. The van der Waals surface area contributed by atoms with Crippen molar-refractivity contribution < 1.29 is 4.79 Å². The maximum absolute atomic E-state index is 13.1. The maximum Gasteiger partial charge on any atom is 0.243 e. The van der Waals surface area contributed by atoms with E-state index in [-0.39, 0.29) is 18.0 Å². The third-order valence-electron chi connectivity index (χ3n) is 5.68. The topological polar surface area (TPSA) is 53.2 Å². The van der Waals surface area contributed by atoms with Crippen LogP contribution < -0.4 is 16.0 Å². The second kappa shape index (κ2) is 13.7. The highest BCUT2D eigenvalue weighted by Gasteiger charge is 2.21. The Kier molecular flexibility index (Phi) is 11.0. The SMILES string of the molecule is C=C(CNCC(CC)c1ccccc1)NC(Cc1ccccc1)C(=O)N[C@@H](C)CC(C)C. The third kappa shape index (κ3) is 9.27. The second-order valence-electron chi connectivity index (χ2n) is 9.18. The van der Waals surface area contributed by atoms with E-state index in [0.29, 0.717) is 24.8 Å². The molecule has 4 nitrogen and oxygen atoms in total. The van der Waals surface area contributed by atoms with Gasteiger partial charge in [0.2, 0.25) is 5.91 Å². The molecule has 174 valence electrons. The van der Waals surface area contributed by atoms with E-state index in [0.717, 1.165) is 30.6 Å². The van der Waals surface area contributed by atoms with Gasteiger partial charge in [0.15, 0.2) is 0 Å². The molecule has 0 saturated heterocycles. The van der Waals surface area contributed by atoms with Crippen LogP contribution in [0, 0.1) is 5.92 Å². The minimum atomic E-state index is -0.350. The van der Waals surface area contributed by atoms with E-state index in [1.165, 1.54) is 5.56 Å². The van der Waals surface area contributed by atoms with Gasteiger partial charge in [-0.3, -0.25) is 4.79 Å². The zero-order valence-electron chi connectivity index (χ0n) is 20.2. The first kappa shape index (κ1) is 25.7. The zero-order valence-corrected chi connectivity index (χ0v) is 20.2. The number of hydrogen-bond donors (Lipinski definition) is 3. The van der Waals surface area contributed by atoms with E-state index in [1.54, 1.807) is 0 Å². The fourth-order valence-corrected chi connectivity index (χ4v) is 4.09. The van der Waals surface area contributed by atoms with E-state index >= 15 is 0 Å². The molecule has 0 fully saturated rings. The van der Waals surface area contributed by atoms with Crippen LogP contribution in [0.3, 0.4) is 0 Å². The van der Waals surface area contributed by atoms with Gasteiger partial charge in [-0.1, -0.05) is 88.0 Å². The molecule has 0 aliphatic rings. The van der Waals surface area contributed by atoms with Crippen molar-refractivity contribution in [1.82, 2.24) is 16.0 Å². The molecule has 0 aliphatic carbocycles. The van der Waals surface area contributed by atoms with Gasteiger partial charge in [0, 0.05) is 31.2 Å². The van der Waals surface area contributed by atoms with Crippen LogP contribution in [0.25, 0.3) is 0 Å². The van der Waals surface area contributed by atoms with Crippen LogP contribution in [0.4, 0.5) is 0 Å². The molecular formula is C28H41N3O. The third-order valence-corrected chi connectivity index (χ3v) is 5.68. The highest BCUT2D eigenvalue weighted by atomic mass is 16.2. The molecule has 3 atom stereocenters. The summed E-state index contributed by atoms with van der Waals surface area (Å²) in [6, 6.07) is 20.5. The smallest absolute Gasteiger partial charge is 0.243 e. The van der Waals surface area contributed by atoms with E-state index in [4.69, 9.17) is 0 Å². The fraction of sp³-hybridized carbons (Fsp3) is 0.464. The van der Waals surface area contributed by atoms with Crippen LogP contribution in [0.2, 0.25) is 0 Å². The Morgan fingerprint density at radius 1 is 0.938 bits per heavy atom. The predicted molar refractivity (Wildman–Crippen MR) is 136 cm³/mol. The molecule has 1 amide bonds. The number of carbonyl (C=O) groups is 1. The summed E-state index contributed by atoms with van der Waals surface area (Å²) in [7, 11) is 0. The summed E-state index contributed by atoms with van der Waals surface area (Å²) < 4.78 is 0. The Morgan fingerprint density at radius 2 is 1.56 bits per heavy atom. The first-order valence-corrected chi connectivity index (χ1v) is 11.9. The summed E-state index contributed by atoms with van der Waals surface area (Å²) in [5, 5.41) is 10.1. The highest BCUT2D eigenvalue weighted by Crippen LogP contribution is 2.18. The van der Waals surface area contributed by atoms with Crippen molar-refractivity contribution >= 4 is 5.91 Å². The van der Waals surface area contributed by atoms with Crippen molar-refractivity contribution in [2.45, 2.75) is 65.0 Å². The minimum Gasteiger partial charge on any atom is -0.376 e. The van der Waals surface area contributed by atoms with Gasteiger partial charge in [-0.2, -0.15) is 0 Å². The molecule has 0 saturated carbocycles. The number of amides is 1. The molecule has 0 bridgehead atoms. The van der Waals surface area contributed by atoms with Gasteiger partial charge in [0.05, 0.1) is 0 Å². The van der Waals surface area contributed by atoms with Gasteiger partial charge >= 0.3 is 0 Å². The average Bonchev–Trinajstić information content (AvgIpc) is 2.77. The number of hydrogen-bond acceptors (Lipinski definition) is 3. The molecule has 2 aromatic carbocycles. The number of nitrogens with one attached hydrogen (secondary N) is 3. The van der Waals surface area contributed by atoms with Crippen LogP contribution in [-0.2, 0) is 11.2 Å². The van der Waals surface area contributed by atoms with Gasteiger partial charge in [0.1, 0.15) is 6.04 Å². The molecule has 2 rings (SSSR count). The molecule has 0 aliphatic heterocycles. The Bertz CT molecular complexity index is 804. The molecule has 2 unspecified atom stereocenters. The standard InChI is InChI=1S/C28H41N3O/c1-6-25(26-15-11-8-12-16-26)20-29-19-23(5)30-27(18-24-13-9-7-10-14-24)28(32)31-22(4)17-21(2)3/h7-16,21-22,25,27,29-30H,5-6,17-20H2,1-4H3,(H,31,32)/t22-,25?,27?/m0/s1. The van der Waals surface area contributed by atoms with Crippen molar-refractivity contribution in [3.05, 3.63) is 84.1 Å². The van der Waals surface area contributed by atoms with E-state index in [9.17, 15) is 4.79 Å². The lowest BCUT2D eigenvalue weighted by Crippen LogP contribution is -2.49. The van der Waals surface area contributed by atoms with Crippen molar-refractivity contribution in [2.75, 3.05) is 13.1 Å². The zero-order chi connectivity index (χ0) is 23.3. The summed E-state index contributed by atoms with van der Waals surface area (Å²) in [5.74, 6) is 1.03. The van der Waals surface area contributed by atoms with Crippen LogP contribution in [-0.4, -0.2) is 31.1 Å². The van der Waals surface area contributed by atoms with Crippen LogP contribution >= 0.6 is 0 Å². The fourth-order valence-electron chi connectivity index (χ4n) is 4.09. The lowest BCUT2D eigenvalue weighted by atomic mass is 9.96. The molecule has 0 spiro atoms. The molecule has 0 aromatic heterocycles. The van der Waals surface area contributed by atoms with Gasteiger partial charge in [-0.25, -0.2) is 0 Å². The molecule has 0 heterocycles.